The zero-order valence-corrected chi connectivity index (χ0v) is 11.1. The average molecular weight is 332 g/mol. The molecule has 1 aromatic heterocycles. The predicted octanol–water partition coefficient (Wildman–Crippen LogP) is 0.796. The Balaban J connectivity index is 2.19. The first-order valence-electron chi connectivity index (χ1n) is 5.18. The molecular weight excluding hydrogens is 319 g/mol. The van der Waals surface area contributed by atoms with Crippen molar-refractivity contribution in [3.63, 3.8) is 0 Å². The highest BCUT2D eigenvalue weighted by Crippen LogP contribution is 2.22. The SMILES string of the molecule is CNC(=O)C1CCCN1c1ncc(I)cn1. The van der Waals surface area contributed by atoms with Gasteiger partial charge in [-0.05, 0) is 35.4 Å². The van der Waals surface area contributed by atoms with Gasteiger partial charge in [-0.2, -0.15) is 0 Å². The number of hydrogen-bond acceptors (Lipinski definition) is 4. The molecule has 1 aliphatic heterocycles. The summed E-state index contributed by atoms with van der Waals surface area (Å²) in [5, 5.41) is 2.68. The van der Waals surface area contributed by atoms with Crippen LogP contribution in [0.1, 0.15) is 12.8 Å². The maximum absolute atomic E-state index is 11.7. The third kappa shape index (κ3) is 2.26. The largest absolute Gasteiger partial charge is 0.357 e. The number of nitrogens with one attached hydrogen (secondary N) is 1. The highest BCUT2D eigenvalue weighted by molar-refractivity contribution is 14.1. The van der Waals surface area contributed by atoms with Crippen LogP contribution in [0.25, 0.3) is 0 Å². The number of carbonyl (C=O) groups is 1. The second-order valence-corrected chi connectivity index (χ2v) is 4.91. The van der Waals surface area contributed by atoms with Crippen LogP contribution in [0.4, 0.5) is 5.95 Å². The fraction of sp³-hybridized carbons (Fsp3) is 0.500. The van der Waals surface area contributed by atoms with E-state index in [-0.39, 0.29) is 11.9 Å². The van der Waals surface area contributed by atoms with E-state index in [2.05, 4.69) is 37.9 Å². The number of hydrogen-bond donors (Lipinski definition) is 1. The molecule has 0 aromatic carbocycles. The summed E-state index contributed by atoms with van der Waals surface area (Å²) in [7, 11) is 1.66. The molecule has 0 spiro atoms. The Bertz CT molecular complexity index is 381. The van der Waals surface area contributed by atoms with E-state index >= 15 is 0 Å². The number of likely N-dealkylation sites (N-methyl/N-ethyl adjacent to an activating group) is 1. The number of aromatic nitrogens is 2. The molecule has 1 aliphatic rings. The van der Waals surface area contributed by atoms with Gasteiger partial charge in [0.1, 0.15) is 6.04 Å². The van der Waals surface area contributed by atoms with E-state index in [4.69, 9.17) is 0 Å². The summed E-state index contributed by atoms with van der Waals surface area (Å²) in [4.78, 5) is 22.1. The van der Waals surface area contributed by atoms with Gasteiger partial charge >= 0.3 is 0 Å². The van der Waals surface area contributed by atoms with Crippen molar-refractivity contribution in [3.8, 4) is 0 Å². The van der Waals surface area contributed by atoms with Crippen molar-refractivity contribution in [2.75, 3.05) is 18.5 Å². The molecule has 6 heteroatoms. The summed E-state index contributed by atoms with van der Waals surface area (Å²) in [5.41, 5.74) is 0. The Labute approximate surface area is 108 Å². The van der Waals surface area contributed by atoms with E-state index in [9.17, 15) is 4.79 Å². The zero-order chi connectivity index (χ0) is 11.5. The minimum absolute atomic E-state index is 0.0413. The number of carbonyl (C=O) groups excluding carboxylic acids is 1. The van der Waals surface area contributed by atoms with E-state index in [1.807, 2.05) is 4.90 Å². The highest BCUT2D eigenvalue weighted by Gasteiger charge is 2.31. The number of halogens is 1. The molecule has 1 atom stereocenters. The van der Waals surface area contributed by atoms with Crippen molar-refractivity contribution in [1.82, 2.24) is 15.3 Å². The first-order valence-corrected chi connectivity index (χ1v) is 6.26. The Hall–Kier alpha value is -0.920. The van der Waals surface area contributed by atoms with Crippen molar-refractivity contribution in [2.45, 2.75) is 18.9 Å². The van der Waals surface area contributed by atoms with Gasteiger partial charge in [0.05, 0.1) is 0 Å². The van der Waals surface area contributed by atoms with Crippen molar-refractivity contribution < 1.29 is 4.79 Å². The van der Waals surface area contributed by atoms with Gasteiger partial charge in [-0.15, -0.1) is 0 Å². The standard InChI is InChI=1S/C10H13IN4O/c1-12-9(16)8-3-2-4-15(8)10-13-5-7(11)6-14-10/h5-6,8H,2-4H2,1H3,(H,12,16). The smallest absolute Gasteiger partial charge is 0.242 e. The number of amides is 1. The minimum Gasteiger partial charge on any atom is -0.357 e. The number of rotatable bonds is 2. The molecule has 1 unspecified atom stereocenters. The second-order valence-electron chi connectivity index (χ2n) is 3.67. The van der Waals surface area contributed by atoms with Gasteiger partial charge in [0.15, 0.2) is 0 Å². The molecule has 0 bridgehead atoms. The lowest BCUT2D eigenvalue weighted by atomic mass is 10.2. The van der Waals surface area contributed by atoms with Gasteiger partial charge in [-0.3, -0.25) is 4.79 Å². The van der Waals surface area contributed by atoms with E-state index in [1.54, 1.807) is 19.4 Å². The monoisotopic (exact) mass is 332 g/mol. The van der Waals surface area contributed by atoms with Crippen LogP contribution >= 0.6 is 22.6 Å². The second kappa shape index (κ2) is 4.94. The summed E-state index contributed by atoms with van der Waals surface area (Å²) < 4.78 is 0.997. The van der Waals surface area contributed by atoms with Crippen LogP contribution in [-0.2, 0) is 4.79 Å². The molecule has 0 radical (unpaired) electrons. The van der Waals surface area contributed by atoms with Crippen LogP contribution in [0.3, 0.4) is 0 Å². The molecule has 1 saturated heterocycles. The molecule has 86 valence electrons. The van der Waals surface area contributed by atoms with Gasteiger partial charge in [0, 0.05) is 29.6 Å². The normalized spacial score (nSPS) is 19.9. The Morgan fingerprint density at radius 2 is 2.25 bits per heavy atom. The lowest BCUT2D eigenvalue weighted by Crippen LogP contribution is -2.42. The summed E-state index contributed by atoms with van der Waals surface area (Å²) >= 11 is 2.16. The predicted molar refractivity (Wildman–Crippen MR) is 69.2 cm³/mol. The first kappa shape index (κ1) is 11.6. The molecule has 2 rings (SSSR count). The van der Waals surface area contributed by atoms with Crippen LogP contribution in [0.5, 0.6) is 0 Å². The van der Waals surface area contributed by atoms with Gasteiger partial charge in [-0.25, -0.2) is 9.97 Å². The van der Waals surface area contributed by atoms with Crippen LogP contribution in [0.2, 0.25) is 0 Å². The zero-order valence-electron chi connectivity index (χ0n) is 8.98. The Morgan fingerprint density at radius 3 is 2.88 bits per heavy atom. The van der Waals surface area contributed by atoms with Gasteiger partial charge < -0.3 is 10.2 Å². The summed E-state index contributed by atoms with van der Waals surface area (Å²) in [6.45, 7) is 0.846. The van der Waals surface area contributed by atoms with E-state index in [1.165, 1.54) is 0 Å². The van der Waals surface area contributed by atoms with Crippen LogP contribution in [0, 0.1) is 3.57 Å². The van der Waals surface area contributed by atoms with Gasteiger partial charge in [-0.1, -0.05) is 0 Å². The quantitative estimate of drug-likeness (QED) is 0.814. The molecule has 1 aromatic rings. The minimum atomic E-state index is -0.120. The number of anilines is 1. The summed E-state index contributed by atoms with van der Waals surface area (Å²) in [6, 6.07) is -0.120. The molecule has 1 amide bonds. The van der Waals surface area contributed by atoms with Crippen molar-refractivity contribution in [2.24, 2.45) is 0 Å². The van der Waals surface area contributed by atoms with Crippen molar-refractivity contribution in [1.29, 1.82) is 0 Å². The molecule has 0 aliphatic carbocycles. The molecule has 5 nitrogen and oxygen atoms in total. The van der Waals surface area contributed by atoms with Crippen LogP contribution in [-0.4, -0.2) is 35.5 Å². The Morgan fingerprint density at radius 1 is 1.56 bits per heavy atom. The van der Waals surface area contributed by atoms with Crippen LogP contribution < -0.4 is 10.2 Å². The van der Waals surface area contributed by atoms with Crippen LogP contribution in [0.15, 0.2) is 12.4 Å². The van der Waals surface area contributed by atoms with Crippen molar-refractivity contribution in [3.05, 3.63) is 16.0 Å². The third-order valence-electron chi connectivity index (χ3n) is 2.67. The highest BCUT2D eigenvalue weighted by atomic mass is 127. The van der Waals surface area contributed by atoms with E-state index in [0.717, 1.165) is 23.0 Å². The first-order chi connectivity index (χ1) is 7.72. The maximum Gasteiger partial charge on any atom is 0.242 e. The average Bonchev–Trinajstić information content (AvgIpc) is 2.78. The molecule has 1 fully saturated rings. The van der Waals surface area contributed by atoms with E-state index < -0.39 is 0 Å². The topological polar surface area (TPSA) is 58.1 Å². The fourth-order valence-corrected chi connectivity index (χ4v) is 2.18. The summed E-state index contributed by atoms with van der Waals surface area (Å²) in [5.74, 6) is 0.686. The molecule has 1 N–H and O–H groups in total. The fourth-order valence-electron chi connectivity index (χ4n) is 1.90. The lowest BCUT2D eigenvalue weighted by molar-refractivity contribution is -0.121. The molecule has 0 saturated carbocycles. The lowest BCUT2D eigenvalue weighted by Gasteiger charge is -2.22. The van der Waals surface area contributed by atoms with Crippen molar-refractivity contribution >= 4 is 34.4 Å². The molecule has 16 heavy (non-hydrogen) atoms. The third-order valence-corrected chi connectivity index (χ3v) is 3.22. The van der Waals surface area contributed by atoms with Gasteiger partial charge in [0.25, 0.3) is 0 Å². The summed E-state index contributed by atoms with van der Waals surface area (Å²) in [6.07, 6.45) is 5.41. The molecule has 2 heterocycles. The maximum atomic E-state index is 11.7. The Kier molecular flexibility index (Phi) is 3.57. The number of nitrogens with zero attached hydrogens (tertiary/aromatic N) is 3. The molecular formula is C10H13IN4O. The van der Waals surface area contributed by atoms with E-state index in [0.29, 0.717) is 5.95 Å². The van der Waals surface area contributed by atoms with Gasteiger partial charge in [0.2, 0.25) is 11.9 Å².